The molecule has 0 unspecified atom stereocenters. The lowest BCUT2D eigenvalue weighted by molar-refractivity contribution is -0.142. The minimum absolute atomic E-state index is 0.00778. The van der Waals surface area contributed by atoms with Gasteiger partial charge in [-0.3, -0.25) is 9.59 Å². The number of hydrogen-bond acceptors (Lipinski definition) is 5. The van der Waals surface area contributed by atoms with E-state index in [-0.39, 0.29) is 24.4 Å². The zero-order valence-electron chi connectivity index (χ0n) is 22.8. The van der Waals surface area contributed by atoms with Crippen LogP contribution < -0.4 is 9.47 Å². The molecule has 1 atom stereocenters. The van der Waals surface area contributed by atoms with E-state index in [0.29, 0.717) is 43.2 Å². The van der Waals surface area contributed by atoms with Crippen molar-refractivity contribution in [2.24, 2.45) is 0 Å². The number of rotatable bonds is 17. The molecule has 1 heterocycles. The number of nitrogens with zero attached hydrogens (tertiary/aromatic N) is 2. The van der Waals surface area contributed by atoms with Gasteiger partial charge in [0.1, 0.15) is 12.3 Å². The normalized spacial score (nSPS) is 11.7. The molecular formula is C29H44N2O5. The molecule has 200 valence electrons. The zero-order chi connectivity index (χ0) is 26.3. The second-order valence-corrected chi connectivity index (χ2v) is 9.28. The lowest BCUT2D eigenvalue weighted by Crippen LogP contribution is -2.46. The van der Waals surface area contributed by atoms with E-state index in [1.165, 1.54) is 12.8 Å². The summed E-state index contributed by atoms with van der Waals surface area (Å²) in [4.78, 5) is 30.1. The summed E-state index contributed by atoms with van der Waals surface area (Å²) >= 11 is 0. The van der Waals surface area contributed by atoms with E-state index in [4.69, 9.17) is 13.9 Å². The number of unbranched alkanes of at least 4 members (excludes halogenated alkanes) is 4. The van der Waals surface area contributed by atoms with Gasteiger partial charge in [-0.1, -0.05) is 45.6 Å². The molecule has 0 spiro atoms. The predicted molar refractivity (Wildman–Crippen MR) is 142 cm³/mol. The molecule has 0 bridgehead atoms. The van der Waals surface area contributed by atoms with Gasteiger partial charge in [0.05, 0.1) is 27.0 Å². The van der Waals surface area contributed by atoms with Crippen molar-refractivity contribution >= 4 is 11.8 Å². The molecule has 1 aromatic heterocycles. The number of benzene rings is 1. The Morgan fingerprint density at radius 3 is 2.36 bits per heavy atom. The first-order valence-electron chi connectivity index (χ1n) is 13.2. The van der Waals surface area contributed by atoms with E-state index < -0.39 is 0 Å². The highest BCUT2D eigenvalue weighted by Gasteiger charge is 2.25. The summed E-state index contributed by atoms with van der Waals surface area (Å²) in [6.07, 6.45) is 9.00. The van der Waals surface area contributed by atoms with Crippen molar-refractivity contribution in [3.05, 3.63) is 47.9 Å². The van der Waals surface area contributed by atoms with Gasteiger partial charge in [-0.05, 0) is 56.0 Å². The second kappa shape index (κ2) is 15.9. The third-order valence-corrected chi connectivity index (χ3v) is 6.64. The van der Waals surface area contributed by atoms with Crippen LogP contribution in [0.3, 0.4) is 0 Å². The standard InChI is InChI=1S/C29H44N2O5/c1-6-8-9-10-11-14-28(32)31(23(3)7-2)22-29(33)30(21-25-13-12-19-36-25)18-17-24-15-16-26(34-4)27(20-24)35-5/h12-13,15-16,19-20,23H,6-11,14,17-18,21-22H2,1-5H3/t23-/m1/s1. The minimum atomic E-state index is -0.0773. The highest BCUT2D eigenvalue weighted by Crippen LogP contribution is 2.28. The van der Waals surface area contributed by atoms with Crippen molar-refractivity contribution in [2.75, 3.05) is 27.3 Å². The molecule has 2 rings (SSSR count). The average molecular weight is 501 g/mol. The largest absolute Gasteiger partial charge is 0.493 e. The number of carbonyl (C=O) groups is 2. The van der Waals surface area contributed by atoms with Crippen LogP contribution in [0.25, 0.3) is 0 Å². The van der Waals surface area contributed by atoms with Crippen molar-refractivity contribution in [3.63, 3.8) is 0 Å². The van der Waals surface area contributed by atoms with Crippen molar-refractivity contribution in [3.8, 4) is 11.5 Å². The Morgan fingerprint density at radius 1 is 0.972 bits per heavy atom. The fourth-order valence-corrected chi connectivity index (χ4v) is 4.16. The van der Waals surface area contributed by atoms with Crippen LogP contribution in [0.5, 0.6) is 11.5 Å². The summed E-state index contributed by atoms with van der Waals surface area (Å²) in [6.45, 7) is 7.18. The molecule has 0 fully saturated rings. The van der Waals surface area contributed by atoms with Crippen LogP contribution >= 0.6 is 0 Å². The van der Waals surface area contributed by atoms with Crippen molar-refractivity contribution in [1.82, 2.24) is 9.80 Å². The van der Waals surface area contributed by atoms with E-state index in [0.717, 1.165) is 31.2 Å². The Hall–Kier alpha value is -2.96. The number of furan rings is 1. The Balaban J connectivity index is 2.10. The first-order chi connectivity index (χ1) is 17.4. The molecule has 2 amide bonds. The number of carbonyl (C=O) groups excluding carboxylic acids is 2. The summed E-state index contributed by atoms with van der Waals surface area (Å²) < 4.78 is 16.3. The molecule has 7 nitrogen and oxygen atoms in total. The molecule has 0 aliphatic rings. The summed E-state index contributed by atoms with van der Waals surface area (Å²) in [5.74, 6) is 2.03. The SMILES string of the molecule is CCCCCCCC(=O)N(CC(=O)N(CCc1ccc(OC)c(OC)c1)Cc1ccco1)[C@H](C)CC. The van der Waals surface area contributed by atoms with Gasteiger partial charge in [0.15, 0.2) is 11.5 Å². The molecular weight excluding hydrogens is 456 g/mol. The van der Waals surface area contributed by atoms with Gasteiger partial charge in [-0.15, -0.1) is 0 Å². The van der Waals surface area contributed by atoms with Gasteiger partial charge in [-0.25, -0.2) is 0 Å². The number of ether oxygens (including phenoxy) is 2. The van der Waals surface area contributed by atoms with E-state index >= 15 is 0 Å². The van der Waals surface area contributed by atoms with E-state index in [1.54, 1.807) is 30.3 Å². The molecule has 0 aliphatic carbocycles. The van der Waals surface area contributed by atoms with Crippen LogP contribution in [0.2, 0.25) is 0 Å². The maximum atomic E-state index is 13.5. The Bertz CT molecular complexity index is 912. The zero-order valence-corrected chi connectivity index (χ0v) is 22.8. The van der Waals surface area contributed by atoms with E-state index in [1.807, 2.05) is 44.2 Å². The third kappa shape index (κ3) is 9.25. The van der Waals surface area contributed by atoms with Gasteiger partial charge in [0.25, 0.3) is 0 Å². The topological polar surface area (TPSA) is 72.2 Å². The second-order valence-electron chi connectivity index (χ2n) is 9.28. The summed E-state index contributed by atoms with van der Waals surface area (Å²) in [5, 5.41) is 0. The van der Waals surface area contributed by atoms with Gasteiger partial charge in [0, 0.05) is 19.0 Å². The highest BCUT2D eigenvalue weighted by molar-refractivity contribution is 5.85. The first kappa shape index (κ1) is 29.3. The maximum Gasteiger partial charge on any atom is 0.242 e. The summed E-state index contributed by atoms with van der Waals surface area (Å²) in [7, 11) is 3.22. The summed E-state index contributed by atoms with van der Waals surface area (Å²) in [6, 6.07) is 9.47. The van der Waals surface area contributed by atoms with Crippen molar-refractivity contribution < 1.29 is 23.5 Å². The van der Waals surface area contributed by atoms with Crippen LogP contribution in [0.4, 0.5) is 0 Å². The van der Waals surface area contributed by atoms with E-state index in [9.17, 15) is 9.59 Å². The minimum Gasteiger partial charge on any atom is -0.493 e. The van der Waals surface area contributed by atoms with E-state index in [2.05, 4.69) is 6.92 Å². The average Bonchev–Trinajstić information content (AvgIpc) is 3.41. The monoisotopic (exact) mass is 500 g/mol. The lowest BCUT2D eigenvalue weighted by Gasteiger charge is -2.31. The highest BCUT2D eigenvalue weighted by atomic mass is 16.5. The van der Waals surface area contributed by atoms with Gasteiger partial charge < -0.3 is 23.7 Å². The van der Waals surface area contributed by atoms with Crippen LogP contribution in [0.15, 0.2) is 41.0 Å². The summed E-state index contributed by atoms with van der Waals surface area (Å²) in [5.41, 5.74) is 1.03. The molecule has 1 aromatic carbocycles. The molecule has 7 heteroatoms. The molecule has 0 radical (unpaired) electrons. The van der Waals surface area contributed by atoms with Gasteiger partial charge >= 0.3 is 0 Å². The Kier molecular flexibility index (Phi) is 12.9. The molecule has 36 heavy (non-hydrogen) atoms. The number of amides is 2. The third-order valence-electron chi connectivity index (χ3n) is 6.64. The fraction of sp³-hybridized carbons (Fsp3) is 0.586. The molecule has 2 aromatic rings. The quantitative estimate of drug-likeness (QED) is 0.255. The first-order valence-corrected chi connectivity index (χ1v) is 13.2. The van der Waals surface area contributed by atoms with Gasteiger partial charge in [-0.2, -0.15) is 0 Å². The predicted octanol–water partition coefficient (Wildman–Crippen LogP) is 5.86. The fourth-order valence-electron chi connectivity index (χ4n) is 4.16. The lowest BCUT2D eigenvalue weighted by atomic mass is 10.1. The van der Waals surface area contributed by atoms with Crippen LogP contribution in [0, 0.1) is 0 Å². The van der Waals surface area contributed by atoms with Crippen molar-refractivity contribution in [1.29, 1.82) is 0 Å². The molecule has 0 saturated carbocycles. The van der Waals surface area contributed by atoms with Gasteiger partial charge in [0.2, 0.25) is 11.8 Å². The Labute approximate surface area is 216 Å². The number of methoxy groups -OCH3 is 2. The van der Waals surface area contributed by atoms with Crippen molar-refractivity contribution in [2.45, 2.75) is 84.7 Å². The van der Waals surface area contributed by atoms with Crippen LogP contribution in [0.1, 0.15) is 77.0 Å². The molecule has 0 N–H and O–H groups in total. The van der Waals surface area contributed by atoms with Crippen LogP contribution in [-0.4, -0.2) is 55.0 Å². The Morgan fingerprint density at radius 2 is 1.72 bits per heavy atom. The maximum absolute atomic E-state index is 13.5. The molecule has 0 aliphatic heterocycles. The van der Waals surface area contributed by atoms with Crippen LogP contribution in [-0.2, 0) is 22.6 Å². The smallest absolute Gasteiger partial charge is 0.242 e. The number of hydrogen-bond donors (Lipinski definition) is 0. The molecule has 0 saturated heterocycles.